The lowest BCUT2D eigenvalue weighted by molar-refractivity contribution is -0.00588. The molecule has 3 atom stereocenters. The molecule has 0 amide bonds. The summed E-state index contributed by atoms with van der Waals surface area (Å²) in [5.74, 6) is 1.99. The molecular formula is C15H20N6O2. The molecule has 0 N–H and O–H groups in total. The van der Waals surface area contributed by atoms with Crippen LogP contribution in [0.5, 0.6) is 5.88 Å². The van der Waals surface area contributed by atoms with Crippen LogP contribution in [0.3, 0.4) is 0 Å². The minimum absolute atomic E-state index is 0.215. The molecule has 1 aliphatic carbocycles. The van der Waals surface area contributed by atoms with Crippen molar-refractivity contribution < 1.29 is 9.47 Å². The first-order valence-electron chi connectivity index (χ1n) is 7.92. The maximum absolute atomic E-state index is 6.10. The molecule has 122 valence electrons. The van der Waals surface area contributed by atoms with Gasteiger partial charge in [0, 0.05) is 25.1 Å². The summed E-state index contributed by atoms with van der Waals surface area (Å²) in [5, 5.41) is 7.76. The van der Waals surface area contributed by atoms with Crippen molar-refractivity contribution in [2.24, 2.45) is 5.92 Å². The Balaban J connectivity index is 1.52. The highest BCUT2D eigenvalue weighted by molar-refractivity contribution is 5.43. The van der Waals surface area contributed by atoms with Gasteiger partial charge in [-0.15, -0.1) is 10.2 Å². The molecule has 0 bridgehead atoms. The van der Waals surface area contributed by atoms with Crippen LogP contribution in [0, 0.1) is 5.92 Å². The molecular weight excluding hydrogens is 296 g/mol. The number of hydrogen-bond acceptors (Lipinski definition) is 7. The van der Waals surface area contributed by atoms with Crippen LogP contribution in [0.25, 0.3) is 0 Å². The first-order valence-corrected chi connectivity index (χ1v) is 7.92. The first kappa shape index (κ1) is 14.4. The molecule has 0 spiro atoms. The molecule has 4 rings (SSSR count). The molecule has 2 aliphatic rings. The van der Waals surface area contributed by atoms with Crippen LogP contribution in [0.15, 0.2) is 25.0 Å². The SMILES string of the molecule is COc1cc(N2CCO[C@H]3C(Cn4cnnc4)CC[C@@H]32)ncn1. The van der Waals surface area contributed by atoms with Gasteiger partial charge in [0.05, 0.1) is 25.9 Å². The number of rotatable bonds is 4. The van der Waals surface area contributed by atoms with Crippen LogP contribution in [-0.4, -0.2) is 57.1 Å². The second kappa shape index (κ2) is 6.11. The summed E-state index contributed by atoms with van der Waals surface area (Å²) in [6.07, 6.45) is 7.54. The summed E-state index contributed by atoms with van der Waals surface area (Å²) >= 11 is 0. The van der Waals surface area contributed by atoms with Crippen LogP contribution in [0.2, 0.25) is 0 Å². The lowest BCUT2D eigenvalue weighted by atomic mass is 10.0. The third kappa shape index (κ3) is 2.74. The molecule has 8 heteroatoms. The van der Waals surface area contributed by atoms with E-state index in [9.17, 15) is 0 Å². The monoisotopic (exact) mass is 316 g/mol. The maximum Gasteiger partial charge on any atom is 0.218 e. The molecule has 2 fully saturated rings. The molecule has 1 saturated carbocycles. The number of morpholine rings is 1. The molecule has 2 aromatic heterocycles. The Morgan fingerprint density at radius 3 is 2.96 bits per heavy atom. The topological polar surface area (TPSA) is 78.2 Å². The Bertz CT molecular complexity index is 649. The number of hydrogen-bond donors (Lipinski definition) is 0. The molecule has 1 unspecified atom stereocenters. The van der Waals surface area contributed by atoms with Crippen LogP contribution < -0.4 is 9.64 Å². The summed E-state index contributed by atoms with van der Waals surface area (Å²) in [6.45, 7) is 2.46. The van der Waals surface area contributed by atoms with Crippen molar-refractivity contribution in [3.63, 3.8) is 0 Å². The first-order chi connectivity index (χ1) is 11.3. The number of anilines is 1. The van der Waals surface area contributed by atoms with Crippen LogP contribution >= 0.6 is 0 Å². The molecule has 1 saturated heterocycles. The van der Waals surface area contributed by atoms with Crippen molar-refractivity contribution in [3.8, 4) is 5.88 Å². The third-order valence-corrected chi connectivity index (χ3v) is 4.76. The standard InChI is InChI=1S/C15H20N6O2/c1-22-14-6-13(16-8-17-14)21-4-5-23-15-11(2-3-12(15)21)7-20-9-18-19-10-20/h6,8-12,15H,2-5,7H2,1H3/t11?,12-,15-/m0/s1. The van der Waals surface area contributed by atoms with Gasteiger partial charge in [-0.05, 0) is 12.8 Å². The zero-order valence-electron chi connectivity index (χ0n) is 13.1. The van der Waals surface area contributed by atoms with E-state index >= 15 is 0 Å². The number of nitrogens with zero attached hydrogens (tertiary/aromatic N) is 6. The van der Waals surface area contributed by atoms with Gasteiger partial charge in [-0.25, -0.2) is 9.97 Å². The van der Waals surface area contributed by atoms with E-state index in [0.717, 1.165) is 31.7 Å². The van der Waals surface area contributed by atoms with E-state index in [2.05, 4.69) is 25.1 Å². The number of aromatic nitrogens is 5. The van der Waals surface area contributed by atoms with Gasteiger partial charge < -0.3 is 18.9 Å². The Hall–Kier alpha value is -2.22. The highest BCUT2D eigenvalue weighted by atomic mass is 16.5. The number of methoxy groups -OCH3 is 1. The minimum Gasteiger partial charge on any atom is -0.481 e. The summed E-state index contributed by atoms with van der Waals surface area (Å²) in [6, 6.07) is 2.25. The normalized spacial score (nSPS) is 27.0. The van der Waals surface area contributed by atoms with Crippen LogP contribution in [-0.2, 0) is 11.3 Å². The van der Waals surface area contributed by atoms with Crippen molar-refractivity contribution >= 4 is 5.82 Å². The molecule has 0 radical (unpaired) electrons. The largest absolute Gasteiger partial charge is 0.481 e. The van der Waals surface area contributed by atoms with Crippen molar-refractivity contribution in [2.75, 3.05) is 25.2 Å². The second-order valence-corrected chi connectivity index (χ2v) is 6.01. The molecule has 23 heavy (non-hydrogen) atoms. The van der Waals surface area contributed by atoms with E-state index in [1.54, 1.807) is 26.1 Å². The predicted octanol–water partition coefficient (Wildman–Crippen LogP) is 0.761. The zero-order valence-corrected chi connectivity index (χ0v) is 13.1. The fourth-order valence-electron chi connectivity index (χ4n) is 3.73. The van der Waals surface area contributed by atoms with E-state index in [0.29, 0.717) is 24.4 Å². The van der Waals surface area contributed by atoms with E-state index in [1.807, 2.05) is 10.6 Å². The Morgan fingerprint density at radius 1 is 1.26 bits per heavy atom. The van der Waals surface area contributed by atoms with Gasteiger partial charge in [0.25, 0.3) is 0 Å². The molecule has 0 aromatic carbocycles. The highest BCUT2D eigenvalue weighted by Gasteiger charge is 2.43. The van der Waals surface area contributed by atoms with Crippen LogP contribution in [0.1, 0.15) is 12.8 Å². The summed E-state index contributed by atoms with van der Waals surface area (Å²) in [4.78, 5) is 10.9. The smallest absolute Gasteiger partial charge is 0.218 e. The van der Waals surface area contributed by atoms with Gasteiger partial charge in [-0.2, -0.15) is 0 Å². The highest BCUT2D eigenvalue weighted by Crippen LogP contribution is 2.37. The molecule has 1 aliphatic heterocycles. The summed E-state index contributed by atoms with van der Waals surface area (Å²) < 4.78 is 13.4. The van der Waals surface area contributed by atoms with Crippen molar-refractivity contribution in [3.05, 3.63) is 25.0 Å². The van der Waals surface area contributed by atoms with Crippen molar-refractivity contribution in [2.45, 2.75) is 31.5 Å². The maximum atomic E-state index is 6.10. The van der Waals surface area contributed by atoms with Gasteiger partial charge in [-0.1, -0.05) is 0 Å². The van der Waals surface area contributed by atoms with E-state index in [1.165, 1.54) is 0 Å². The van der Waals surface area contributed by atoms with Crippen molar-refractivity contribution in [1.29, 1.82) is 0 Å². The lowest BCUT2D eigenvalue weighted by Crippen LogP contribution is -2.51. The number of ether oxygens (including phenoxy) is 2. The summed E-state index contributed by atoms with van der Waals surface area (Å²) in [5.41, 5.74) is 0. The minimum atomic E-state index is 0.215. The number of fused-ring (bicyclic) bond motifs is 1. The second-order valence-electron chi connectivity index (χ2n) is 6.01. The molecule has 8 nitrogen and oxygen atoms in total. The van der Waals surface area contributed by atoms with Crippen LogP contribution in [0.4, 0.5) is 5.82 Å². The van der Waals surface area contributed by atoms with E-state index in [4.69, 9.17) is 9.47 Å². The zero-order chi connectivity index (χ0) is 15.6. The van der Waals surface area contributed by atoms with Gasteiger partial charge in [-0.3, -0.25) is 0 Å². The van der Waals surface area contributed by atoms with Gasteiger partial charge in [0.1, 0.15) is 24.8 Å². The Morgan fingerprint density at radius 2 is 2.13 bits per heavy atom. The van der Waals surface area contributed by atoms with Gasteiger partial charge in [0.15, 0.2) is 0 Å². The lowest BCUT2D eigenvalue weighted by Gasteiger charge is -2.40. The predicted molar refractivity (Wildman–Crippen MR) is 82.2 cm³/mol. The van der Waals surface area contributed by atoms with Gasteiger partial charge >= 0.3 is 0 Å². The Labute approximate surface area is 134 Å². The molecule has 2 aromatic rings. The molecule has 3 heterocycles. The third-order valence-electron chi connectivity index (χ3n) is 4.76. The average Bonchev–Trinajstić information content (AvgIpc) is 3.25. The van der Waals surface area contributed by atoms with Crippen molar-refractivity contribution in [1.82, 2.24) is 24.7 Å². The quantitative estimate of drug-likeness (QED) is 0.824. The van der Waals surface area contributed by atoms with Gasteiger partial charge in [0.2, 0.25) is 5.88 Å². The average molecular weight is 316 g/mol. The Kier molecular flexibility index (Phi) is 3.82. The fraction of sp³-hybridized carbons (Fsp3) is 0.600. The fourth-order valence-corrected chi connectivity index (χ4v) is 3.73. The summed E-state index contributed by atoms with van der Waals surface area (Å²) in [7, 11) is 1.62. The van der Waals surface area contributed by atoms with E-state index < -0.39 is 0 Å². The van der Waals surface area contributed by atoms with E-state index in [-0.39, 0.29) is 6.10 Å².